The fraction of sp³-hybridized carbons (Fsp3) is 0.684. The predicted molar refractivity (Wildman–Crippen MR) is 99.3 cm³/mol. The van der Waals surface area contributed by atoms with Crippen molar-refractivity contribution >= 4 is 11.8 Å². The summed E-state index contributed by atoms with van der Waals surface area (Å²) in [5.74, 6) is 1.04. The van der Waals surface area contributed by atoms with Crippen molar-refractivity contribution in [3.8, 4) is 0 Å². The van der Waals surface area contributed by atoms with Crippen molar-refractivity contribution in [2.45, 2.75) is 71.4 Å². The number of hydrogen-bond donors (Lipinski definition) is 2. The second kappa shape index (κ2) is 10.2. The van der Waals surface area contributed by atoms with Crippen molar-refractivity contribution in [1.82, 2.24) is 15.6 Å². The summed E-state index contributed by atoms with van der Waals surface area (Å²) in [6.45, 7) is 6.99. The number of amides is 2. The maximum Gasteiger partial charge on any atom is 0.315 e. The van der Waals surface area contributed by atoms with Crippen LogP contribution in [0.4, 0.5) is 10.6 Å². The highest BCUT2D eigenvalue weighted by atomic mass is 16.2. The Morgan fingerprint density at radius 1 is 1.25 bits per heavy atom. The summed E-state index contributed by atoms with van der Waals surface area (Å²) in [6, 6.07) is 4.23. The third-order valence-electron chi connectivity index (χ3n) is 4.56. The number of pyridine rings is 1. The number of aromatic nitrogens is 1. The lowest BCUT2D eigenvalue weighted by atomic mass is 10.1. The zero-order valence-electron chi connectivity index (χ0n) is 15.2. The Hall–Kier alpha value is -1.78. The number of unbranched alkanes of at least 4 members (excludes halogenated alkanes) is 3. The molecule has 2 heterocycles. The van der Waals surface area contributed by atoms with Gasteiger partial charge in [0, 0.05) is 31.9 Å². The maximum atomic E-state index is 11.9. The molecule has 134 valence electrons. The zero-order valence-corrected chi connectivity index (χ0v) is 15.2. The van der Waals surface area contributed by atoms with E-state index in [-0.39, 0.29) is 12.1 Å². The summed E-state index contributed by atoms with van der Waals surface area (Å²) in [7, 11) is 0. The summed E-state index contributed by atoms with van der Waals surface area (Å²) in [4.78, 5) is 18.8. The number of hydrogen-bond acceptors (Lipinski definition) is 3. The minimum absolute atomic E-state index is 0.0957. The second-order valence-corrected chi connectivity index (χ2v) is 6.80. The maximum absolute atomic E-state index is 11.9. The highest BCUT2D eigenvalue weighted by molar-refractivity contribution is 5.74. The van der Waals surface area contributed by atoms with Gasteiger partial charge in [0.1, 0.15) is 5.82 Å². The number of rotatable bonds is 9. The van der Waals surface area contributed by atoms with Crippen LogP contribution in [0, 0.1) is 0 Å². The number of nitrogens with zero attached hydrogens (tertiary/aromatic N) is 2. The Kier molecular flexibility index (Phi) is 7.86. The Morgan fingerprint density at radius 2 is 2.04 bits per heavy atom. The SMILES string of the molecule is CCCCCCC(C)NC(=O)NCc1ccc(N2CCCC2)nc1. The third kappa shape index (κ3) is 6.38. The molecule has 5 heteroatoms. The van der Waals surface area contributed by atoms with Gasteiger partial charge in [0.2, 0.25) is 0 Å². The van der Waals surface area contributed by atoms with Crippen molar-refractivity contribution < 1.29 is 4.79 Å². The standard InChI is InChI=1S/C19H32N4O/c1-3-4-5-6-9-16(2)22-19(24)21-15-17-10-11-18(20-14-17)23-12-7-8-13-23/h10-11,14,16H,3-9,12-13,15H2,1-2H3,(H2,21,22,24). The number of nitrogens with one attached hydrogen (secondary N) is 2. The molecule has 2 amide bonds. The lowest BCUT2D eigenvalue weighted by Crippen LogP contribution is -2.40. The first-order valence-corrected chi connectivity index (χ1v) is 9.43. The van der Waals surface area contributed by atoms with Crippen molar-refractivity contribution in [2.75, 3.05) is 18.0 Å². The van der Waals surface area contributed by atoms with Gasteiger partial charge in [0.05, 0.1) is 0 Å². The highest BCUT2D eigenvalue weighted by Crippen LogP contribution is 2.17. The molecule has 5 nitrogen and oxygen atoms in total. The summed E-state index contributed by atoms with van der Waals surface area (Å²) in [5.41, 5.74) is 1.03. The molecule has 24 heavy (non-hydrogen) atoms. The van der Waals surface area contributed by atoms with Crippen LogP contribution in [-0.4, -0.2) is 30.1 Å². The number of carbonyl (C=O) groups excluding carboxylic acids is 1. The molecule has 0 saturated carbocycles. The molecule has 0 aromatic carbocycles. The summed E-state index contributed by atoms with van der Waals surface area (Å²) >= 11 is 0. The smallest absolute Gasteiger partial charge is 0.315 e. The van der Waals surface area contributed by atoms with Gasteiger partial charge in [-0.05, 0) is 37.8 Å². The van der Waals surface area contributed by atoms with Gasteiger partial charge in [-0.15, -0.1) is 0 Å². The van der Waals surface area contributed by atoms with Gasteiger partial charge in [-0.1, -0.05) is 38.7 Å². The van der Waals surface area contributed by atoms with Crippen LogP contribution in [0.2, 0.25) is 0 Å². The van der Waals surface area contributed by atoms with Gasteiger partial charge in [-0.3, -0.25) is 0 Å². The summed E-state index contributed by atoms with van der Waals surface area (Å²) in [5, 5.41) is 5.92. The lowest BCUT2D eigenvalue weighted by Gasteiger charge is -2.17. The highest BCUT2D eigenvalue weighted by Gasteiger charge is 2.13. The molecule has 1 aliphatic heterocycles. The van der Waals surface area contributed by atoms with Crippen LogP contribution >= 0.6 is 0 Å². The molecule has 1 aromatic heterocycles. The van der Waals surface area contributed by atoms with E-state index in [9.17, 15) is 4.79 Å². The van der Waals surface area contributed by atoms with Crippen molar-refractivity contribution in [3.63, 3.8) is 0 Å². The zero-order chi connectivity index (χ0) is 17.2. The van der Waals surface area contributed by atoms with Crippen LogP contribution in [0.1, 0.15) is 64.4 Å². The van der Waals surface area contributed by atoms with E-state index in [1.54, 1.807) is 0 Å². The minimum atomic E-state index is -0.0957. The van der Waals surface area contributed by atoms with Crippen LogP contribution < -0.4 is 15.5 Å². The molecule has 2 rings (SSSR count). The first kappa shape index (κ1) is 18.6. The van der Waals surface area contributed by atoms with E-state index in [2.05, 4.69) is 46.5 Å². The van der Waals surface area contributed by atoms with Crippen LogP contribution in [0.15, 0.2) is 18.3 Å². The molecule has 1 saturated heterocycles. The Balaban J connectivity index is 1.65. The molecule has 1 aromatic rings. The normalized spacial score (nSPS) is 15.3. The molecular weight excluding hydrogens is 300 g/mol. The minimum Gasteiger partial charge on any atom is -0.357 e. The van der Waals surface area contributed by atoms with Gasteiger partial charge in [-0.25, -0.2) is 9.78 Å². The van der Waals surface area contributed by atoms with Gasteiger partial charge < -0.3 is 15.5 Å². The van der Waals surface area contributed by atoms with Crippen LogP contribution in [0.3, 0.4) is 0 Å². The topological polar surface area (TPSA) is 57.3 Å². The number of urea groups is 1. The molecule has 1 fully saturated rings. The largest absolute Gasteiger partial charge is 0.357 e. The molecule has 1 aliphatic rings. The van der Waals surface area contributed by atoms with Gasteiger partial charge in [-0.2, -0.15) is 0 Å². The first-order chi connectivity index (χ1) is 11.7. The summed E-state index contributed by atoms with van der Waals surface area (Å²) < 4.78 is 0. The molecule has 0 spiro atoms. The second-order valence-electron chi connectivity index (χ2n) is 6.80. The molecule has 0 bridgehead atoms. The van der Waals surface area contributed by atoms with Gasteiger partial charge in [0.15, 0.2) is 0 Å². The van der Waals surface area contributed by atoms with E-state index in [1.165, 1.54) is 38.5 Å². The number of anilines is 1. The molecule has 0 radical (unpaired) electrons. The summed E-state index contributed by atoms with van der Waals surface area (Å²) in [6.07, 6.45) is 10.4. The van der Waals surface area contributed by atoms with E-state index in [4.69, 9.17) is 0 Å². The average Bonchev–Trinajstić information content (AvgIpc) is 3.12. The fourth-order valence-electron chi connectivity index (χ4n) is 3.06. The Labute approximate surface area is 146 Å². The van der Waals surface area contributed by atoms with Crippen molar-refractivity contribution in [2.24, 2.45) is 0 Å². The monoisotopic (exact) mass is 332 g/mol. The van der Waals surface area contributed by atoms with Gasteiger partial charge in [0.25, 0.3) is 0 Å². The van der Waals surface area contributed by atoms with Crippen LogP contribution in [0.25, 0.3) is 0 Å². The first-order valence-electron chi connectivity index (χ1n) is 9.43. The Bertz CT molecular complexity index is 483. The molecule has 2 N–H and O–H groups in total. The molecule has 1 atom stereocenters. The van der Waals surface area contributed by atoms with E-state index < -0.39 is 0 Å². The van der Waals surface area contributed by atoms with E-state index >= 15 is 0 Å². The number of carbonyl (C=O) groups is 1. The quantitative estimate of drug-likeness (QED) is 0.676. The van der Waals surface area contributed by atoms with Crippen molar-refractivity contribution in [1.29, 1.82) is 0 Å². The van der Waals surface area contributed by atoms with Crippen molar-refractivity contribution in [3.05, 3.63) is 23.9 Å². The third-order valence-corrected chi connectivity index (χ3v) is 4.56. The predicted octanol–water partition coefficient (Wildman–Crippen LogP) is 3.84. The van der Waals surface area contributed by atoms with E-state index in [0.717, 1.165) is 30.9 Å². The van der Waals surface area contributed by atoms with E-state index in [1.807, 2.05) is 6.20 Å². The molecule has 1 unspecified atom stereocenters. The van der Waals surface area contributed by atoms with Crippen LogP contribution in [-0.2, 0) is 6.54 Å². The lowest BCUT2D eigenvalue weighted by molar-refractivity contribution is 0.236. The molecule has 0 aliphatic carbocycles. The molecular formula is C19H32N4O. The van der Waals surface area contributed by atoms with Gasteiger partial charge >= 0.3 is 6.03 Å². The fourth-order valence-corrected chi connectivity index (χ4v) is 3.06. The van der Waals surface area contributed by atoms with E-state index in [0.29, 0.717) is 6.54 Å². The Morgan fingerprint density at radius 3 is 2.71 bits per heavy atom. The average molecular weight is 332 g/mol. The van der Waals surface area contributed by atoms with Crippen LogP contribution in [0.5, 0.6) is 0 Å².